The zero-order valence-corrected chi connectivity index (χ0v) is 23.7. The molecule has 3 N–H and O–H groups in total. The van der Waals surface area contributed by atoms with Crippen LogP contribution in [0.5, 0.6) is 5.75 Å². The molecule has 2 heterocycles. The third-order valence-electron chi connectivity index (χ3n) is 7.41. The fraction of sp³-hybridized carbons (Fsp3) is 0.483. The van der Waals surface area contributed by atoms with Crippen molar-refractivity contribution in [3.05, 3.63) is 30.0 Å². The molecular weight excluding hydrogens is 510 g/mol. The molecule has 1 aliphatic heterocycles. The number of benzene rings is 1. The van der Waals surface area contributed by atoms with Gasteiger partial charge in [-0.05, 0) is 70.1 Å². The Morgan fingerprint density at radius 1 is 1.18 bits per heavy atom. The van der Waals surface area contributed by atoms with E-state index in [1.165, 1.54) is 7.11 Å². The number of anilines is 4. The van der Waals surface area contributed by atoms with Gasteiger partial charge in [-0.15, -0.1) is 0 Å². The molecule has 11 heteroatoms. The number of carbonyl (C=O) groups excluding carboxylic acids is 3. The highest BCUT2D eigenvalue weighted by atomic mass is 16.5. The van der Waals surface area contributed by atoms with Gasteiger partial charge in [0.2, 0.25) is 11.9 Å². The fourth-order valence-corrected chi connectivity index (χ4v) is 5.41. The lowest BCUT2D eigenvalue weighted by molar-refractivity contribution is -0.120. The van der Waals surface area contributed by atoms with Crippen molar-refractivity contribution in [2.45, 2.75) is 71.0 Å². The molecule has 1 saturated carbocycles. The van der Waals surface area contributed by atoms with Gasteiger partial charge in [0.05, 0.1) is 19.0 Å². The predicted octanol–water partition coefficient (Wildman–Crippen LogP) is 2.99. The molecule has 212 valence electrons. The third kappa shape index (κ3) is 5.96. The maximum absolute atomic E-state index is 13.3. The third-order valence-corrected chi connectivity index (χ3v) is 7.41. The molecular formula is C29H37N7O4. The Morgan fingerprint density at radius 2 is 1.93 bits per heavy atom. The van der Waals surface area contributed by atoms with Gasteiger partial charge in [-0.3, -0.25) is 14.4 Å². The summed E-state index contributed by atoms with van der Waals surface area (Å²) < 4.78 is 5.53. The van der Waals surface area contributed by atoms with Crippen LogP contribution in [0.25, 0.3) is 0 Å². The lowest BCUT2D eigenvalue weighted by Crippen LogP contribution is -2.57. The van der Waals surface area contributed by atoms with Crippen LogP contribution in [-0.2, 0) is 9.59 Å². The Morgan fingerprint density at radius 3 is 2.58 bits per heavy atom. The van der Waals surface area contributed by atoms with Gasteiger partial charge in [-0.2, -0.15) is 4.98 Å². The molecule has 2 aromatic rings. The quantitative estimate of drug-likeness (QED) is 0.431. The summed E-state index contributed by atoms with van der Waals surface area (Å²) in [5.41, 5.74) is 1.74. The molecule has 1 aromatic heterocycles. The number of hydrogen-bond donors (Lipinski definition) is 3. The predicted molar refractivity (Wildman–Crippen MR) is 154 cm³/mol. The molecule has 3 amide bonds. The van der Waals surface area contributed by atoms with Crippen LogP contribution >= 0.6 is 0 Å². The lowest BCUT2D eigenvalue weighted by Gasteiger charge is -2.46. The molecule has 0 unspecified atom stereocenters. The van der Waals surface area contributed by atoms with E-state index >= 15 is 0 Å². The first-order chi connectivity index (χ1) is 19.3. The number of nitrogens with one attached hydrogen (secondary N) is 3. The summed E-state index contributed by atoms with van der Waals surface area (Å²) in [6.45, 7) is 6.04. The van der Waals surface area contributed by atoms with E-state index < -0.39 is 0 Å². The van der Waals surface area contributed by atoms with Gasteiger partial charge in [-0.25, -0.2) is 4.98 Å². The fourth-order valence-electron chi connectivity index (χ4n) is 5.41. The highest BCUT2D eigenvalue weighted by molar-refractivity contribution is 6.04. The topological polar surface area (TPSA) is 129 Å². The molecule has 0 saturated heterocycles. The van der Waals surface area contributed by atoms with E-state index in [1.807, 2.05) is 13.8 Å². The van der Waals surface area contributed by atoms with Gasteiger partial charge in [0.1, 0.15) is 17.5 Å². The van der Waals surface area contributed by atoms with Gasteiger partial charge in [0.25, 0.3) is 11.8 Å². The van der Waals surface area contributed by atoms with Crippen LogP contribution in [0, 0.1) is 11.8 Å². The molecule has 1 fully saturated rings. The Bertz CT molecular complexity index is 1330. The second-order valence-corrected chi connectivity index (χ2v) is 9.88. The highest BCUT2D eigenvalue weighted by Crippen LogP contribution is 2.40. The Balaban J connectivity index is 1.61. The molecule has 11 nitrogen and oxygen atoms in total. The molecule has 1 atom stereocenters. The number of rotatable bonds is 8. The van der Waals surface area contributed by atoms with Gasteiger partial charge in [-0.1, -0.05) is 12.8 Å². The Labute approximate surface area is 235 Å². The van der Waals surface area contributed by atoms with Gasteiger partial charge in [0.15, 0.2) is 5.82 Å². The molecule has 1 aromatic carbocycles. The molecule has 40 heavy (non-hydrogen) atoms. The summed E-state index contributed by atoms with van der Waals surface area (Å²) in [4.78, 5) is 50.7. The minimum Gasteiger partial charge on any atom is -0.495 e. The van der Waals surface area contributed by atoms with E-state index in [-0.39, 0.29) is 35.8 Å². The summed E-state index contributed by atoms with van der Waals surface area (Å²) in [5, 5.41) is 9.00. The van der Waals surface area contributed by atoms with Crippen molar-refractivity contribution < 1.29 is 19.1 Å². The van der Waals surface area contributed by atoms with E-state index in [2.05, 4.69) is 37.7 Å². The van der Waals surface area contributed by atoms with Crippen LogP contribution in [0.1, 0.15) is 63.2 Å². The minimum absolute atomic E-state index is 0.00979. The zero-order chi connectivity index (χ0) is 28.8. The first-order valence-corrected chi connectivity index (χ1v) is 13.7. The summed E-state index contributed by atoms with van der Waals surface area (Å²) in [7, 11) is 3.29. The van der Waals surface area contributed by atoms with Crippen molar-refractivity contribution in [1.29, 1.82) is 0 Å². The van der Waals surface area contributed by atoms with Crippen LogP contribution in [0.4, 0.5) is 23.1 Å². The number of ether oxygens (including phenoxy) is 1. The molecule has 0 bridgehead atoms. The number of aromatic nitrogens is 2. The minimum atomic E-state index is -0.353. The van der Waals surface area contributed by atoms with Gasteiger partial charge >= 0.3 is 0 Å². The van der Waals surface area contributed by atoms with Crippen LogP contribution < -0.4 is 30.5 Å². The van der Waals surface area contributed by atoms with Crippen molar-refractivity contribution in [1.82, 2.24) is 20.6 Å². The maximum Gasteiger partial charge on any atom is 0.296 e. The van der Waals surface area contributed by atoms with E-state index in [0.717, 1.165) is 25.7 Å². The smallest absolute Gasteiger partial charge is 0.296 e. The van der Waals surface area contributed by atoms with Crippen LogP contribution in [0.3, 0.4) is 0 Å². The molecule has 1 aliphatic carbocycles. The van der Waals surface area contributed by atoms with Crippen molar-refractivity contribution >= 4 is 40.9 Å². The van der Waals surface area contributed by atoms with Crippen molar-refractivity contribution in [2.75, 3.05) is 35.8 Å². The second kappa shape index (κ2) is 12.7. The average molecular weight is 548 g/mol. The molecule has 0 spiro atoms. The SMILES string of the molecule is CC#CC(=O)NC1CCC(N2c3nc(Nc4ccc(C(=O)NCC)cc4OC)ncc3N(C)C(=O)[C@H]2CC)CC1. The van der Waals surface area contributed by atoms with Gasteiger partial charge < -0.3 is 30.5 Å². The number of likely N-dealkylation sites (N-methyl/N-ethyl adjacent to an activating group) is 1. The number of carbonyl (C=O) groups is 3. The summed E-state index contributed by atoms with van der Waals surface area (Å²) >= 11 is 0. The van der Waals surface area contributed by atoms with Crippen molar-refractivity contribution in [3.63, 3.8) is 0 Å². The Kier molecular flexibility index (Phi) is 9.09. The lowest BCUT2D eigenvalue weighted by atomic mass is 9.88. The number of amides is 3. The average Bonchev–Trinajstić information content (AvgIpc) is 2.95. The highest BCUT2D eigenvalue weighted by Gasteiger charge is 2.41. The second-order valence-electron chi connectivity index (χ2n) is 9.88. The molecule has 2 aliphatic rings. The van der Waals surface area contributed by atoms with Crippen LogP contribution in [0.15, 0.2) is 24.4 Å². The molecule has 4 rings (SSSR count). The van der Waals surface area contributed by atoms with Crippen LogP contribution in [0.2, 0.25) is 0 Å². The number of methoxy groups -OCH3 is 1. The monoisotopic (exact) mass is 547 g/mol. The number of nitrogens with zero attached hydrogens (tertiary/aromatic N) is 4. The van der Waals surface area contributed by atoms with Crippen molar-refractivity contribution in [2.24, 2.45) is 0 Å². The zero-order valence-electron chi connectivity index (χ0n) is 23.7. The first-order valence-electron chi connectivity index (χ1n) is 13.7. The first kappa shape index (κ1) is 28.7. The summed E-state index contributed by atoms with van der Waals surface area (Å²) in [6.07, 6.45) is 5.48. The normalized spacial score (nSPS) is 20.1. The molecule has 0 radical (unpaired) electrons. The number of fused-ring (bicyclic) bond motifs is 1. The van der Waals surface area contributed by atoms with E-state index in [9.17, 15) is 14.4 Å². The van der Waals surface area contributed by atoms with E-state index in [1.54, 1.807) is 43.3 Å². The summed E-state index contributed by atoms with van der Waals surface area (Å²) in [6, 6.07) is 4.93. The maximum atomic E-state index is 13.3. The van der Waals surface area contributed by atoms with Crippen molar-refractivity contribution in [3.8, 4) is 17.6 Å². The summed E-state index contributed by atoms with van der Waals surface area (Å²) in [5.74, 6) is 6.27. The Hall–Kier alpha value is -4.33. The standard InChI is InChI=1S/C29H37N7O4/c1-6-9-25(37)32-19-11-13-20(14-12-19)36-22(7-2)28(39)35(4)23-17-31-29(34-26(23)36)33-21-15-10-18(16-24(21)40-5)27(38)30-8-3/h10,15-17,19-20,22H,7-8,11-14H2,1-5H3,(H,30,38)(H,32,37)(H,31,33,34)/t19?,20?,22-/m1/s1. The van der Waals surface area contributed by atoms with Crippen LogP contribution in [-0.4, -0.2) is 66.5 Å². The largest absolute Gasteiger partial charge is 0.495 e. The van der Waals surface area contributed by atoms with Gasteiger partial charge in [0, 0.05) is 31.2 Å². The van der Waals surface area contributed by atoms with E-state index in [0.29, 0.717) is 47.4 Å². The van der Waals surface area contributed by atoms with E-state index in [4.69, 9.17) is 9.72 Å². The number of hydrogen-bond acceptors (Lipinski definition) is 8.